The molecule has 0 amide bonds. The molecule has 0 radical (unpaired) electrons. The van der Waals surface area contributed by atoms with Crippen LogP contribution in [0.4, 0.5) is 0 Å². The maximum absolute atomic E-state index is 6.46. The van der Waals surface area contributed by atoms with Gasteiger partial charge in [0.2, 0.25) is 0 Å². The van der Waals surface area contributed by atoms with Gasteiger partial charge in [0, 0.05) is 10.5 Å². The van der Waals surface area contributed by atoms with Gasteiger partial charge in [0.25, 0.3) is 0 Å². The van der Waals surface area contributed by atoms with Crippen molar-refractivity contribution in [3.05, 3.63) is 0 Å². The largest absolute Gasteiger partial charge is 0.416 e. The molecule has 0 N–H and O–H groups in total. The Morgan fingerprint density at radius 2 is 1.25 bits per heavy atom. The quantitative estimate of drug-likeness (QED) is 0.337. The van der Waals surface area contributed by atoms with Crippen LogP contribution in [0.5, 0.6) is 0 Å². The summed E-state index contributed by atoms with van der Waals surface area (Å²) in [5.74, 6) is 0. The molecule has 0 aliphatic rings. The predicted molar refractivity (Wildman–Crippen MR) is 85.1 cm³/mol. The second-order valence-electron chi connectivity index (χ2n) is 5.74. The lowest BCUT2D eigenvalue weighted by molar-refractivity contribution is 0.274. The number of alkyl halides is 1. The van der Waals surface area contributed by atoms with Crippen LogP contribution in [0.25, 0.3) is 0 Å². The first-order valence-corrected chi connectivity index (χ1v) is 9.91. The van der Waals surface area contributed by atoms with Crippen molar-refractivity contribution in [2.75, 3.05) is 6.61 Å². The number of halogens is 1. The van der Waals surface area contributed by atoms with Gasteiger partial charge in [-0.2, -0.15) is 0 Å². The minimum atomic E-state index is -1.60. The standard InChI is InChI=1S/C13H29IOSi/c1-10(2)16(11(3)4,12(5)6)15-9-8-13(7)14/h10-13H,8-9H2,1-7H3. The normalized spacial score (nSPS) is 15.2. The molecule has 0 spiro atoms. The van der Waals surface area contributed by atoms with Crippen LogP contribution in [0.2, 0.25) is 16.6 Å². The van der Waals surface area contributed by atoms with E-state index in [-0.39, 0.29) is 0 Å². The lowest BCUT2D eigenvalue weighted by Crippen LogP contribution is -2.48. The van der Waals surface area contributed by atoms with Gasteiger partial charge in [-0.25, -0.2) is 0 Å². The van der Waals surface area contributed by atoms with Crippen molar-refractivity contribution in [1.29, 1.82) is 0 Å². The van der Waals surface area contributed by atoms with Gasteiger partial charge in [0.15, 0.2) is 8.32 Å². The Labute approximate surface area is 117 Å². The van der Waals surface area contributed by atoms with E-state index in [1.165, 1.54) is 6.42 Å². The summed E-state index contributed by atoms with van der Waals surface area (Å²) in [6, 6.07) is 0. The number of hydrogen-bond donors (Lipinski definition) is 0. The SMILES string of the molecule is CC(I)CCO[Si](C(C)C)(C(C)C)C(C)C. The molecule has 0 aliphatic carbocycles. The van der Waals surface area contributed by atoms with Crippen molar-refractivity contribution in [1.82, 2.24) is 0 Å². The summed E-state index contributed by atoms with van der Waals surface area (Å²) >= 11 is 2.48. The van der Waals surface area contributed by atoms with Crippen LogP contribution >= 0.6 is 22.6 Å². The highest BCUT2D eigenvalue weighted by Crippen LogP contribution is 2.42. The van der Waals surface area contributed by atoms with Gasteiger partial charge in [-0.15, -0.1) is 0 Å². The maximum atomic E-state index is 6.46. The summed E-state index contributed by atoms with van der Waals surface area (Å²) in [7, 11) is -1.60. The molecule has 0 aromatic heterocycles. The zero-order valence-corrected chi connectivity index (χ0v) is 15.2. The summed E-state index contributed by atoms with van der Waals surface area (Å²) in [5, 5.41) is 0. The van der Waals surface area contributed by atoms with E-state index < -0.39 is 8.32 Å². The molecule has 16 heavy (non-hydrogen) atoms. The Bertz CT molecular complexity index is 169. The molecule has 1 atom stereocenters. The van der Waals surface area contributed by atoms with Crippen LogP contribution in [0.15, 0.2) is 0 Å². The zero-order chi connectivity index (χ0) is 12.9. The third-order valence-corrected chi connectivity index (χ3v) is 10.3. The van der Waals surface area contributed by atoms with E-state index in [1.807, 2.05) is 0 Å². The van der Waals surface area contributed by atoms with E-state index >= 15 is 0 Å². The molecule has 0 saturated heterocycles. The fourth-order valence-electron chi connectivity index (χ4n) is 2.90. The van der Waals surface area contributed by atoms with E-state index in [9.17, 15) is 0 Å². The second-order valence-corrected chi connectivity index (χ2v) is 13.3. The molecule has 1 nitrogen and oxygen atoms in total. The van der Waals surface area contributed by atoms with Gasteiger partial charge in [-0.1, -0.05) is 71.1 Å². The van der Waals surface area contributed by atoms with Crippen molar-refractivity contribution >= 4 is 30.9 Å². The third-order valence-electron chi connectivity index (χ3n) is 3.57. The number of rotatable bonds is 7. The zero-order valence-electron chi connectivity index (χ0n) is 12.0. The average molecular weight is 356 g/mol. The summed E-state index contributed by atoms with van der Waals surface area (Å²) in [4.78, 5) is 0. The first-order chi connectivity index (χ1) is 7.25. The topological polar surface area (TPSA) is 9.23 Å². The molecule has 0 aromatic carbocycles. The van der Waals surface area contributed by atoms with E-state index in [1.54, 1.807) is 0 Å². The molecule has 0 aliphatic heterocycles. The van der Waals surface area contributed by atoms with Crippen molar-refractivity contribution in [3.63, 3.8) is 0 Å². The van der Waals surface area contributed by atoms with Crippen molar-refractivity contribution < 1.29 is 4.43 Å². The van der Waals surface area contributed by atoms with E-state index in [0.717, 1.165) is 10.5 Å². The summed E-state index contributed by atoms with van der Waals surface area (Å²) < 4.78 is 7.18. The van der Waals surface area contributed by atoms with Crippen molar-refractivity contribution in [2.24, 2.45) is 0 Å². The predicted octanol–water partition coefficient (Wildman–Crippen LogP) is 5.39. The highest BCUT2D eigenvalue weighted by Gasteiger charge is 2.44. The lowest BCUT2D eigenvalue weighted by atomic mass is 10.4. The Kier molecular flexibility index (Phi) is 7.78. The van der Waals surface area contributed by atoms with Crippen molar-refractivity contribution in [3.8, 4) is 0 Å². The van der Waals surface area contributed by atoms with Crippen LogP contribution in [-0.4, -0.2) is 18.8 Å². The van der Waals surface area contributed by atoms with Gasteiger partial charge in [0.1, 0.15) is 0 Å². The third kappa shape index (κ3) is 4.30. The van der Waals surface area contributed by atoms with Gasteiger partial charge in [-0.05, 0) is 23.0 Å². The molecular weight excluding hydrogens is 327 g/mol. The molecule has 1 unspecified atom stereocenters. The second kappa shape index (κ2) is 7.37. The maximum Gasteiger partial charge on any atom is 0.200 e. The van der Waals surface area contributed by atoms with Crippen LogP contribution in [0.1, 0.15) is 54.9 Å². The van der Waals surface area contributed by atoms with Gasteiger partial charge < -0.3 is 4.43 Å². The van der Waals surface area contributed by atoms with Gasteiger partial charge in [-0.3, -0.25) is 0 Å². The fraction of sp³-hybridized carbons (Fsp3) is 1.00. The lowest BCUT2D eigenvalue weighted by Gasteiger charge is -2.42. The van der Waals surface area contributed by atoms with Crippen molar-refractivity contribution in [2.45, 2.75) is 75.4 Å². The summed E-state index contributed by atoms with van der Waals surface area (Å²) in [6.07, 6.45) is 1.18. The van der Waals surface area contributed by atoms with Crippen LogP contribution in [0, 0.1) is 0 Å². The molecule has 0 heterocycles. The highest BCUT2D eigenvalue weighted by atomic mass is 127. The molecule has 0 bridgehead atoms. The monoisotopic (exact) mass is 356 g/mol. The van der Waals surface area contributed by atoms with Crippen LogP contribution in [0.3, 0.4) is 0 Å². The minimum absolute atomic E-state index is 0.706. The summed E-state index contributed by atoms with van der Waals surface area (Å²) in [5.41, 5.74) is 2.12. The Morgan fingerprint density at radius 3 is 1.50 bits per heavy atom. The van der Waals surface area contributed by atoms with E-state index in [4.69, 9.17) is 4.43 Å². The minimum Gasteiger partial charge on any atom is -0.416 e. The van der Waals surface area contributed by atoms with Gasteiger partial charge >= 0.3 is 0 Å². The average Bonchev–Trinajstić information content (AvgIpc) is 2.09. The van der Waals surface area contributed by atoms with E-state index in [0.29, 0.717) is 16.6 Å². The first-order valence-electron chi connectivity index (χ1n) is 6.53. The Balaban J connectivity index is 4.64. The molecule has 0 fully saturated rings. The molecule has 0 aromatic rings. The number of hydrogen-bond acceptors (Lipinski definition) is 1. The molecule has 0 saturated carbocycles. The smallest absolute Gasteiger partial charge is 0.200 e. The molecule has 0 rings (SSSR count). The Hall–Kier alpha value is 0.907. The highest BCUT2D eigenvalue weighted by molar-refractivity contribution is 14.1. The summed E-state index contributed by atoms with van der Waals surface area (Å²) in [6.45, 7) is 17.3. The van der Waals surface area contributed by atoms with Crippen LogP contribution < -0.4 is 0 Å². The van der Waals surface area contributed by atoms with Crippen LogP contribution in [-0.2, 0) is 4.43 Å². The van der Waals surface area contributed by atoms with Gasteiger partial charge in [0.05, 0.1) is 0 Å². The molecule has 3 heteroatoms. The first kappa shape index (κ1) is 16.9. The van der Waals surface area contributed by atoms with E-state index in [2.05, 4.69) is 71.1 Å². The molecule has 98 valence electrons. The molecular formula is C13H29IOSi. The fourth-order valence-corrected chi connectivity index (χ4v) is 8.62. The Morgan fingerprint density at radius 1 is 0.875 bits per heavy atom.